The fourth-order valence-electron chi connectivity index (χ4n) is 3.22. The molecule has 0 spiro atoms. The molecule has 1 aromatic heterocycles. The number of halogens is 2. The van der Waals surface area contributed by atoms with Crippen LogP contribution in [0.3, 0.4) is 0 Å². The summed E-state index contributed by atoms with van der Waals surface area (Å²) in [4.78, 5) is 39.6. The Balaban J connectivity index is 1.28. The SMILES string of the molecule is O=C1CC(Cc2ccc(NC(=O)CSc3n[nH]c(-c4ccc(Cl)cc4Cl)n3)cc2)C(=O)N1. The van der Waals surface area contributed by atoms with Gasteiger partial charge in [0.15, 0.2) is 5.82 Å². The minimum atomic E-state index is -0.340. The predicted octanol–water partition coefficient (Wildman–Crippen LogP) is 3.71. The Labute approximate surface area is 197 Å². The van der Waals surface area contributed by atoms with E-state index in [1.165, 1.54) is 11.8 Å². The van der Waals surface area contributed by atoms with Gasteiger partial charge in [-0.2, -0.15) is 0 Å². The van der Waals surface area contributed by atoms with Crippen molar-refractivity contribution in [3.8, 4) is 11.4 Å². The number of carbonyl (C=O) groups excluding carboxylic acids is 3. The number of amides is 3. The molecule has 1 saturated heterocycles. The third-order valence-corrected chi connectivity index (χ3v) is 6.16. The van der Waals surface area contributed by atoms with Crippen LogP contribution in [0.5, 0.6) is 0 Å². The van der Waals surface area contributed by atoms with Crippen molar-refractivity contribution in [1.29, 1.82) is 0 Å². The molecule has 164 valence electrons. The number of hydrogen-bond donors (Lipinski definition) is 3. The molecule has 11 heteroatoms. The van der Waals surface area contributed by atoms with E-state index < -0.39 is 0 Å². The number of thioether (sulfide) groups is 1. The first-order valence-electron chi connectivity index (χ1n) is 9.60. The first-order valence-corrected chi connectivity index (χ1v) is 11.3. The minimum absolute atomic E-state index is 0.123. The van der Waals surface area contributed by atoms with E-state index in [4.69, 9.17) is 23.2 Å². The van der Waals surface area contributed by atoms with Crippen LogP contribution in [0.25, 0.3) is 11.4 Å². The number of nitrogens with one attached hydrogen (secondary N) is 3. The molecule has 4 rings (SSSR count). The second-order valence-electron chi connectivity index (χ2n) is 7.14. The lowest BCUT2D eigenvalue weighted by atomic mass is 9.98. The van der Waals surface area contributed by atoms with Gasteiger partial charge in [0.25, 0.3) is 0 Å². The van der Waals surface area contributed by atoms with E-state index >= 15 is 0 Å². The number of aromatic amines is 1. The summed E-state index contributed by atoms with van der Waals surface area (Å²) < 4.78 is 0. The largest absolute Gasteiger partial charge is 0.325 e. The van der Waals surface area contributed by atoms with Crippen molar-refractivity contribution in [3.05, 3.63) is 58.1 Å². The summed E-state index contributed by atoms with van der Waals surface area (Å²) in [6.45, 7) is 0. The van der Waals surface area contributed by atoms with Gasteiger partial charge in [-0.05, 0) is 42.3 Å². The zero-order chi connectivity index (χ0) is 22.7. The average molecular weight is 490 g/mol. The molecule has 1 atom stereocenters. The molecule has 2 aromatic carbocycles. The van der Waals surface area contributed by atoms with Gasteiger partial charge in [-0.3, -0.25) is 24.8 Å². The van der Waals surface area contributed by atoms with E-state index in [2.05, 4.69) is 25.8 Å². The van der Waals surface area contributed by atoms with Gasteiger partial charge in [-0.25, -0.2) is 4.98 Å². The molecule has 1 aliphatic heterocycles. The molecule has 1 fully saturated rings. The normalized spacial score (nSPS) is 15.6. The first-order chi connectivity index (χ1) is 15.4. The van der Waals surface area contributed by atoms with E-state index in [9.17, 15) is 14.4 Å². The minimum Gasteiger partial charge on any atom is -0.325 e. The van der Waals surface area contributed by atoms with Crippen LogP contribution in [0.1, 0.15) is 12.0 Å². The molecular weight excluding hydrogens is 473 g/mol. The molecule has 0 saturated carbocycles. The summed E-state index contributed by atoms with van der Waals surface area (Å²) in [5, 5.41) is 13.4. The van der Waals surface area contributed by atoms with Crippen molar-refractivity contribution in [1.82, 2.24) is 20.5 Å². The standard InChI is InChI=1S/C21H17Cl2N5O3S/c22-13-3-6-15(16(23)9-13)19-26-21(28-27-19)32-10-18(30)24-14-4-1-11(2-5-14)7-12-8-17(29)25-20(12)31/h1-6,9,12H,7-8,10H2,(H,24,30)(H,25,29,31)(H,26,27,28). The summed E-state index contributed by atoms with van der Waals surface area (Å²) >= 11 is 13.3. The quantitative estimate of drug-likeness (QED) is 0.344. The first kappa shape index (κ1) is 22.3. The average Bonchev–Trinajstić information content (AvgIpc) is 3.34. The van der Waals surface area contributed by atoms with E-state index in [0.29, 0.717) is 38.7 Å². The molecule has 1 unspecified atom stereocenters. The molecule has 8 nitrogen and oxygen atoms in total. The summed E-state index contributed by atoms with van der Waals surface area (Å²) in [6.07, 6.45) is 0.689. The fourth-order valence-corrected chi connectivity index (χ4v) is 4.32. The Hall–Kier alpha value is -2.88. The Kier molecular flexibility index (Phi) is 6.78. The monoisotopic (exact) mass is 489 g/mol. The second kappa shape index (κ2) is 9.72. The highest BCUT2D eigenvalue weighted by molar-refractivity contribution is 7.99. The van der Waals surface area contributed by atoms with Crippen LogP contribution in [-0.4, -0.2) is 38.7 Å². The summed E-state index contributed by atoms with van der Waals surface area (Å²) in [7, 11) is 0. The van der Waals surface area contributed by atoms with Gasteiger partial charge in [0.05, 0.1) is 16.7 Å². The molecule has 3 aromatic rings. The van der Waals surface area contributed by atoms with Gasteiger partial charge in [0.1, 0.15) is 0 Å². The maximum Gasteiger partial charge on any atom is 0.234 e. The van der Waals surface area contributed by atoms with Gasteiger partial charge >= 0.3 is 0 Å². The summed E-state index contributed by atoms with van der Waals surface area (Å²) in [6, 6.07) is 12.3. The second-order valence-corrected chi connectivity index (χ2v) is 8.93. The summed E-state index contributed by atoms with van der Waals surface area (Å²) in [5.41, 5.74) is 2.22. The van der Waals surface area contributed by atoms with Gasteiger partial charge < -0.3 is 5.32 Å². The lowest BCUT2D eigenvalue weighted by Gasteiger charge is -2.08. The predicted molar refractivity (Wildman–Crippen MR) is 123 cm³/mol. The molecule has 2 heterocycles. The van der Waals surface area contributed by atoms with Crippen molar-refractivity contribution in [2.45, 2.75) is 18.0 Å². The van der Waals surface area contributed by atoms with Crippen molar-refractivity contribution in [2.24, 2.45) is 5.92 Å². The smallest absolute Gasteiger partial charge is 0.234 e. The number of H-pyrrole nitrogens is 1. The van der Waals surface area contributed by atoms with E-state index in [-0.39, 0.29) is 35.8 Å². The van der Waals surface area contributed by atoms with Gasteiger partial charge in [0, 0.05) is 22.7 Å². The lowest BCUT2D eigenvalue weighted by molar-refractivity contribution is -0.125. The van der Waals surface area contributed by atoms with Crippen molar-refractivity contribution >= 4 is 58.4 Å². The van der Waals surface area contributed by atoms with Crippen LogP contribution >= 0.6 is 35.0 Å². The number of anilines is 1. The number of hydrogen-bond acceptors (Lipinski definition) is 6. The Morgan fingerprint density at radius 3 is 2.62 bits per heavy atom. The van der Waals surface area contributed by atoms with Crippen molar-refractivity contribution in [3.63, 3.8) is 0 Å². The molecule has 1 aliphatic rings. The molecule has 0 radical (unpaired) electrons. The number of aromatic nitrogens is 3. The van der Waals surface area contributed by atoms with Crippen molar-refractivity contribution < 1.29 is 14.4 Å². The van der Waals surface area contributed by atoms with Crippen molar-refractivity contribution in [2.75, 3.05) is 11.1 Å². The Morgan fingerprint density at radius 2 is 1.94 bits per heavy atom. The fraction of sp³-hybridized carbons (Fsp3) is 0.190. The molecule has 3 N–H and O–H groups in total. The maximum absolute atomic E-state index is 12.3. The van der Waals surface area contributed by atoms with E-state index in [0.717, 1.165) is 5.56 Å². The van der Waals surface area contributed by atoms with Crippen LogP contribution in [0.15, 0.2) is 47.6 Å². The lowest BCUT2D eigenvalue weighted by Crippen LogP contribution is -2.22. The number of imide groups is 1. The highest BCUT2D eigenvalue weighted by Gasteiger charge is 2.30. The molecule has 0 bridgehead atoms. The van der Waals surface area contributed by atoms with E-state index in [1.807, 2.05) is 12.1 Å². The third kappa shape index (κ3) is 5.48. The number of carbonyl (C=O) groups is 3. The van der Waals surface area contributed by atoms with Crippen LogP contribution in [0, 0.1) is 5.92 Å². The number of nitrogens with zero attached hydrogens (tertiary/aromatic N) is 2. The van der Waals surface area contributed by atoms with Gasteiger partial charge in [-0.15, -0.1) is 5.10 Å². The van der Waals surface area contributed by atoms with Crippen LogP contribution in [0.4, 0.5) is 5.69 Å². The van der Waals surface area contributed by atoms with Crippen LogP contribution in [-0.2, 0) is 20.8 Å². The molecule has 3 amide bonds. The summed E-state index contributed by atoms with van der Waals surface area (Å²) in [5.74, 6) is -0.415. The van der Waals surface area contributed by atoms with Gasteiger partial charge in [0.2, 0.25) is 22.9 Å². The number of rotatable bonds is 7. The third-order valence-electron chi connectivity index (χ3n) is 4.77. The zero-order valence-electron chi connectivity index (χ0n) is 16.5. The zero-order valence-corrected chi connectivity index (χ0v) is 18.9. The highest BCUT2D eigenvalue weighted by atomic mass is 35.5. The van der Waals surface area contributed by atoms with Crippen LogP contribution in [0.2, 0.25) is 10.0 Å². The highest BCUT2D eigenvalue weighted by Crippen LogP contribution is 2.29. The topological polar surface area (TPSA) is 117 Å². The van der Waals surface area contributed by atoms with Gasteiger partial charge in [-0.1, -0.05) is 47.1 Å². The Bertz CT molecular complexity index is 1180. The Morgan fingerprint density at radius 1 is 1.16 bits per heavy atom. The number of benzene rings is 2. The van der Waals surface area contributed by atoms with Crippen LogP contribution < -0.4 is 10.6 Å². The maximum atomic E-state index is 12.3. The molecule has 32 heavy (non-hydrogen) atoms. The van der Waals surface area contributed by atoms with E-state index in [1.54, 1.807) is 30.3 Å². The molecule has 0 aliphatic carbocycles. The molecular formula is C21H17Cl2N5O3S.